The number of aromatic hydroxyl groups is 1. The van der Waals surface area contributed by atoms with Gasteiger partial charge in [0.2, 0.25) is 5.88 Å². The molecule has 43 heavy (non-hydrogen) atoms. The van der Waals surface area contributed by atoms with Gasteiger partial charge in [0.15, 0.2) is 5.82 Å². The van der Waals surface area contributed by atoms with Gasteiger partial charge >= 0.3 is 6.01 Å². The van der Waals surface area contributed by atoms with Crippen LogP contribution >= 0.6 is 0 Å². The number of pyridine rings is 1. The monoisotopic (exact) mass is 583 g/mol. The van der Waals surface area contributed by atoms with E-state index < -0.39 is 5.82 Å². The van der Waals surface area contributed by atoms with Gasteiger partial charge in [-0.05, 0) is 67.5 Å². The number of anilines is 1. The Morgan fingerprint density at radius 2 is 2.05 bits per heavy atom. The number of phenolic OH excluding ortho intramolecular Hbond substituents is 1. The van der Waals surface area contributed by atoms with E-state index in [9.17, 15) is 5.11 Å². The van der Waals surface area contributed by atoms with Gasteiger partial charge in [0.25, 0.3) is 0 Å². The fraction of sp³-hybridized carbons (Fsp3) is 0.485. The van der Waals surface area contributed by atoms with Crippen LogP contribution in [0.4, 0.5) is 10.2 Å². The number of rotatable bonds is 5. The molecule has 6 aliphatic rings. The fourth-order valence-corrected chi connectivity index (χ4v) is 8.32. The van der Waals surface area contributed by atoms with Crippen LogP contribution in [0.2, 0.25) is 0 Å². The number of halogens is 1. The Hall–Kier alpha value is -3.76. The molecular weight excluding hydrogens is 549 g/mol. The van der Waals surface area contributed by atoms with Gasteiger partial charge in [-0.15, -0.1) is 0 Å². The average molecular weight is 584 g/mol. The van der Waals surface area contributed by atoms with E-state index in [0.717, 1.165) is 55.0 Å². The number of nitrogens with one attached hydrogen (secondary N) is 1. The van der Waals surface area contributed by atoms with E-state index in [1.807, 2.05) is 18.2 Å². The van der Waals surface area contributed by atoms with E-state index in [-0.39, 0.29) is 46.6 Å². The molecule has 5 fully saturated rings. The third kappa shape index (κ3) is 3.78. The van der Waals surface area contributed by atoms with Crippen LogP contribution in [0.5, 0.6) is 17.6 Å². The van der Waals surface area contributed by atoms with Crippen LogP contribution in [-0.2, 0) is 11.2 Å². The molecule has 4 atom stereocenters. The van der Waals surface area contributed by atoms with Crippen LogP contribution in [0.15, 0.2) is 30.3 Å². The number of hydrogen-bond donors (Lipinski definition) is 2. The number of ether oxygens (including phenoxy) is 3. The first-order chi connectivity index (χ1) is 20.9. The molecule has 0 spiro atoms. The highest BCUT2D eigenvalue weighted by Gasteiger charge is 2.53. The van der Waals surface area contributed by atoms with E-state index in [4.69, 9.17) is 29.2 Å². The van der Waals surface area contributed by atoms with Gasteiger partial charge < -0.3 is 29.5 Å². The number of nitrogens with zero attached hydrogens (tertiary/aromatic N) is 4. The first-order valence-corrected chi connectivity index (χ1v) is 15.5. The molecule has 0 radical (unpaired) electrons. The van der Waals surface area contributed by atoms with Gasteiger partial charge in [-0.3, -0.25) is 0 Å². The van der Waals surface area contributed by atoms with Crippen LogP contribution in [0.1, 0.15) is 45.1 Å². The van der Waals surface area contributed by atoms with Crippen molar-refractivity contribution in [1.29, 1.82) is 0 Å². The summed E-state index contributed by atoms with van der Waals surface area (Å²) in [4.78, 5) is 16.8. The average Bonchev–Trinajstić information content (AvgIpc) is 3.69. The van der Waals surface area contributed by atoms with Gasteiger partial charge in [-0.2, -0.15) is 9.97 Å². The second-order valence-corrected chi connectivity index (χ2v) is 13.1. The lowest BCUT2D eigenvalue weighted by Gasteiger charge is -2.42. The highest BCUT2D eigenvalue weighted by atomic mass is 19.1. The normalized spacial score (nSPS) is 30.2. The maximum Gasteiger partial charge on any atom is 0.319 e. The molecule has 1 aliphatic carbocycles. The third-order valence-electron chi connectivity index (χ3n) is 10.4. The van der Waals surface area contributed by atoms with Crippen molar-refractivity contribution in [1.82, 2.24) is 20.3 Å². The summed E-state index contributed by atoms with van der Waals surface area (Å²) in [6, 6.07) is 9.90. The summed E-state index contributed by atoms with van der Waals surface area (Å²) in [5.74, 6) is 0.382. The van der Waals surface area contributed by atoms with Crippen LogP contribution in [0.3, 0.4) is 0 Å². The zero-order chi connectivity index (χ0) is 29.0. The SMILES string of the molecule is CCc1cccc2cc(O)cc(-c3nc4c5c(nc(OCC67COC(C6)C7)nc5c3F)N3C[C@H]5CC[C@H](N5)[C@H]3[C@H](C)O4)c12. The molecule has 0 unspecified atom stereocenters. The van der Waals surface area contributed by atoms with Gasteiger partial charge in [-0.25, -0.2) is 9.37 Å². The topological polar surface area (TPSA) is 102 Å². The number of hydrogen-bond acceptors (Lipinski definition) is 9. The van der Waals surface area contributed by atoms with E-state index in [2.05, 4.69) is 24.1 Å². The van der Waals surface area contributed by atoms with Crippen LogP contribution in [0.25, 0.3) is 32.9 Å². The molecule has 2 aromatic heterocycles. The summed E-state index contributed by atoms with van der Waals surface area (Å²) in [5.41, 5.74) is 1.74. The molecule has 10 rings (SSSR count). The summed E-state index contributed by atoms with van der Waals surface area (Å²) in [6.07, 6.45) is 4.89. The van der Waals surface area contributed by atoms with Crippen molar-refractivity contribution in [2.24, 2.45) is 5.41 Å². The lowest BCUT2D eigenvalue weighted by molar-refractivity contribution is 0.0785. The fourth-order valence-electron chi connectivity index (χ4n) is 8.32. The lowest BCUT2D eigenvalue weighted by atomic mass is 9.71. The number of aromatic nitrogens is 3. The van der Waals surface area contributed by atoms with E-state index in [1.54, 1.807) is 12.1 Å². The van der Waals surface area contributed by atoms with Crippen molar-refractivity contribution >= 4 is 27.5 Å². The van der Waals surface area contributed by atoms with Crippen molar-refractivity contribution in [3.8, 4) is 28.9 Å². The van der Waals surface area contributed by atoms with Gasteiger partial charge in [0, 0.05) is 29.6 Å². The second kappa shape index (κ2) is 9.12. The lowest BCUT2D eigenvalue weighted by Crippen LogP contribution is -2.62. The van der Waals surface area contributed by atoms with Crippen molar-refractivity contribution in [3.05, 3.63) is 41.7 Å². The maximum atomic E-state index is 17.0. The van der Waals surface area contributed by atoms with Crippen molar-refractivity contribution in [2.45, 2.75) is 76.3 Å². The molecular formula is C33H34FN5O4. The zero-order valence-electron chi connectivity index (χ0n) is 24.3. The molecule has 2 aromatic carbocycles. The molecule has 4 aromatic rings. The minimum atomic E-state index is -0.580. The molecule has 4 bridgehead atoms. The summed E-state index contributed by atoms with van der Waals surface area (Å²) in [6.45, 7) is 5.95. The minimum Gasteiger partial charge on any atom is -0.508 e. The molecule has 2 N–H and O–H groups in total. The Kier molecular flexibility index (Phi) is 5.46. The van der Waals surface area contributed by atoms with E-state index in [1.165, 1.54) is 0 Å². The predicted molar refractivity (Wildman–Crippen MR) is 159 cm³/mol. The quantitative estimate of drug-likeness (QED) is 0.340. The van der Waals surface area contributed by atoms with Crippen LogP contribution < -0.4 is 19.7 Å². The largest absolute Gasteiger partial charge is 0.508 e. The Morgan fingerprint density at radius 3 is 2.86 bits per heavy atom. The van der Waals surface area contributed by atoms with E-state index >= 15 is 4.39 Å². The third-order valence-corrected chi connectivity index (χ3v) is 10.4. The van der Waals surface area contributed by atoms with E-state index in [0.29, 0.717) is 48.0 Å². The molecule has 4 saturated heterocycles. The molecule has 1 saturated carbocycles. The van der Waals surface area contributed by atoms with Gasteiger partial charge in [0.1, 0.15) is 34.3 Å². The Labute approximate surface area is 248 Å². The summed E-state index contributed by atoms with van der Waals surface area (Å²) in [5, 5.41) is 16.6. The molecule has 5 aliphatic heterocycles. The first-order valence-electron chi connectivity index (χ1n) is 15.5. The Morgan fingerprint density at radius 1 is 1.16 bits per heavy atom. The highest BCUT2D eigenvalue weighted by molar-refractivity contribution is 6.03. The van der Waals surface area contributed by atoms with Crippen LogP contribution in [0, 0.1) is 11.2 Å². The smallest absolute Gasteiger partial charge is 0.319 e. The zero-order valence-corrected chi connectivity index (χ0v) is 24.3. The predicted octanol–water partition coefficient (Wildman–Crippen LogP) is 4.90. The molecule has 10 heteroatoms. The number of piperazine rings is 1. The highest BCUT2D eigenvalue weighted by Crippen LogP contribution is 2.50. The summed E-state index contributed by atoms with van der Waals surface area (Å²) < 4.78 is 35.7. The summed E-state index contributed by atoms with van der Waals surface area (Å²) >= 11 is 0. The molecule has 0 amide bonds. The van der Waals surface area contributed by atoms with Gasteiger partial charge in [-0.1, -0.05) is 25.1 Å². The van der Waals surface area contributed by atoms with Crippen LogP contribution in [-0.4, -0.2) is 70.2 Å². The molecule has 7 heterocycles. The molecule has 222 valence electrons. The number of phenols is 1. The second-order valence-electron chi connectivity index (χ2n) is 13.1. The summed E-state index contributed by atoms with van der Waals surface area (Å²) in [7, 11) is 0. The van der Waals surface area contributed by atoms with Crippen molar-refractivity contribution < 1.29 is 23.7 Å². The van der Waals surface area contributed by atoms with Crippen molar-refractivity contribution in [2.75, 3.05) is 24.7 Å². The number of aryl methyl sites for hydroxylation is 1. The minimum absolute atomic E-state index is 0.00655. The maximum absolute atomic E-state index is 17.0. The first kappa shape index (κ1) is 25.7. The number of benzene rings is 2. The molecule has 9 nitrogen and oxygen atoms in total. The Balaban J connectivity index is 1.27. The standard InChI is InChI=1S/C33H34FN5O4/c1-3-17-5-4-6-18-9-20(40)10-22(24(17)18)27-26(34)28-25-30(38-32(37-28)42-15-33-11-21(12-33)41-14-33)39-13-19-7-8-23(35-19)29(39)16(2)43-31(25)36-27/h4-6,9-10,16,19,21,23,29,35,40H,3,7-8,11-15H2,1-2H3/t16-,19+,21?,23-,29+,33?/m0/s1. The van der Waals surface area contributed by atoms with Crippen molar-refractivity contribution in [3.63, 3.8) is 0 Å². The van der Waals surface area contributed by atoms with Gasteiger partial charge in [0.05, 0.1) is 25.4 Å². The number of fused-ring (bicyclic) bond motifs is 7. The Bertz CT molecular complexity index is 1800.